The van der Waals surface area contributed by atoms with Gasteiger partial charge in [0.15, 0.2) is 0 Å². The Morgan fingerprint density at radius 2 is 1.14 bits per heavy atom. The quantitative estimate of drug-likeness (QED) is 0.556. The van der Waals surface area contributed by atoms with Crippen LogP contribution in [0, 0.1) is 10.1 Å². The molecule has 0 saturated carbocycles. The second-order valence-electron chi connectivity index (χ2n) is 3.53. The van der Waals surface area contributed by atoms with Crippen LogP contribution in [0.15, 0.2) is 48.5 Å². The van der Waals surface area contributed by atoms with Crippen LogP contribution >= 0.6 is 0 Å². The summed E-state index contributed by atoms with van der Waals surface area (Å²) in [5.41, 5.74) is 0.0390. The van der Waals surface area contributed by atoms with Crippen molar-refractivity contribution < 1.29 is 14.4 Å². The summed E-state index contributed by atoms with van der Waals surface area (Å²) >= 11 is 0. The van der Waals surface area contributed by atoms with Crippen LogP contribution in [0.1, 0.15) is 27.7 Å². The van der Waals surface area contributed by atoms with Gasteiger partial charge in [0.2, 0.25) is 0 Å². The highest BCUT2D eigenvalue weighted by Crippen LogP contribution is 2.25. The second kappa shape index (κ2) is 11.1. The molecule has 0 aliphatic heterocycles. The van der Waals surface area contributed by atoms with E-state index in [1.165, 1.54) is 12.1 Å². The van der Waals surface area contributed by atoms with E-state index in [9.17, 15) is 10.1 Å². The van der Waals surface area contributed by atoms with Gasteiger partial charge in [-0.2, -0.15) is 0 Å². The molecule has 2 rings (SSSR count). The molecule has 0 aromatic heterocycles. The zero-order valence-corrected chi connectivity index (χ0v) is 13.7. The fourth-order valence-corrected chi connectivity index (χ4v) is 1.42. The molecular formula is C17H23NO4. The van der Waals surface area contributed by atoms with E-state index in [1.807, 2.05) is 27.7 Å². The molecular weight excluding hydrogens is 282 g/mol. The fraction of sp³-hybridized carbons (Fsp3) is 0.294. The van der Waals surface area contributed by atoms with Gasteiger partial charge in [0.25, 0.3) is 5.69 Å². The van der Waals surface area contributed by atoms with Gasteiger partial charge in [0, 0.05) is 12.1 Å². The summed E-state index contributed by atoms with van der Waals surface area (Å²) in [5.74, 6) is 1.93. The third-order valence-electron chi connectivity index (χ3n) is 2.34. The lowest BCUT2D eigenvalue weighted by molar-refractivity contribution is -0.384. The van der Waals surface area contributed by atoms with E-state index in [4.69, 9.17) is 9.47 Å². The lowest BCUT2D eigenvalue weighted by Gasteiger charge is -2.06. The average Bonchev–Trinajstić information content (AvgIpc) is 2.59. The van der Waals surface area contributed by atoms with Gasteiger partial charge in [-0.1, -0.05) is 27.7 Å². The molecule has 0 bridgehead atoms. The number of benzene rings is 2. The molecule has 22 heavy (non-hydrogen) atoms. The van der Waals surface area contributed by atoms with Gasteiger partial charge in [-0.15, -0.1) is 0 Å². The summed E-state index contributed by atoms with van der Waals surface area (Å²) in [6.45, 7) is 8.00. The molecule has 0 aliphatic rings. The maximum absolute atomic E-state index is 10.5. The number of hydrogen-bond acceptors (Lipinski definition) is 4. The van der Waals surface area contributed by atoms with Crippen LogP contribution in [-0.4, -0.2) is 12.0 Å². The van der Waals surface area contributed by atoms with Gasteiger partial charge in [0.05, 0.1) is 12.0 Å². The number of nitro benzene ring substituents is 1. The van der Waals surface area contributed by atoms with Gasteiger partial charge >= 0.3 is 0 Å². The molecule has 0 unspecified atom stereocenters. The zero-order valence-electron chi connectivity index (χ0n) is 13.7. The molecule has 5 nitrogen and oxygen atoms in total. The molecule has 0 spiro atoms. The van der Waals surface area contributed by atoms with Crippen LogP contribution in [0.25, 0.3) is 0 Å². The van der Waals surface area contributed by atoms with Crippen molar-refractivity contribution in [3.8, 4) is 17.2 Å². The van der Waals surface area contributed by atoms with E-state index >= 15 is 0 Å². The maximum Gasteiger partial charge on any atom is 0.269 e. The largest absolute Gasteiger partial charge is 0.497 e. The number of hydrogen-bond donors (Lipinski definition) is 0. The Morgan fingerprint density at radius 3 is 1.50 bits per heavy atom. The first kappa shape index (κ1) is 19.4. The first-order valence-electron chi connectivity index (χ1n) is 7.25. The van der Waals surface area contributed by atoms with Crippen LogP contribution in [-0.2, 0) is 0 Å². The molecule has 0 N–H and O–H groups in total. The van der Waals surface area contributed by atoms with E-state index in [1.54, 1.807) is 43.5 Å². The standard InChI is InChI=1S/C13H11NO4.2C2H6/c1-17-11-6-8-13(9-7-11)18-12-4-2-10(3-5-12)14(15)16;2*1-2/h2-9H,1H3;2*1-2H3. The minimum atomic E-state index is -0.447. The average molecular weight is 305 g/mol. The van der Waals surface area contributed by atoms with E-state index in [0.717, 1.165) is 5.75 Å². The molecule has 0 atom stereocenters. The van der Waals surface area contributed by atoms with Crippen LogP contribution in [0.2, 0.25) is 0 Å². The molecule has 0 amide bonds. The van der Waals surface area contributed by atoms with Crippen molar-refractivity contribution in [2.75, 3.05) is 7.11 Å². The Labute approximate surface area is 131 Å². The number of nitrogens with zero attached hydrogens (tertiary/aromatic N) is 1. The second-order valence-corrected chi connectivity index (χ2v) is 3.53. The first-order valence-corrected chi connectivity index (χ1v) is 7.25. The monoisotopic (exact) mass is 305 g/mol. The van der Waals surface area contributed by atoms with Crippen LogP contribution < -0.4 is 9.47 Å². The summed E-state index contributed by atoms with van der Waals surface area (Å²) in [7, 11) is 1.59. The van der Waals surface area contributed by atoms with Crippen molar-refractivity contribution in [1.29, 1.82) is 0 Å². The fourth-order valence-electron chi connectivity index (χ4n) is 1.42. The third-order valence-corrected chi connectivity index (χ3v) is 2.34. The van der Waals surface area contributed by atoms with Gasteiger partial charge in [-0.3, -0.25) is 10.1 Å². The molecule has 0 fully saturated rings. The van der Waals surface area contributed by atoms with E-state index in [2.05, 4.69) is 0 Å². The van der Waals surface area contributed by atoms with Crippen molar-refractivity contribution >= 4 is 5.69 Å². The van der Waals surface area contributed by atoms with Gasteiger partial charge in [-0.25, -0.2) is 0 Å². The zero-order chi connectivity index (χ0) is 17.0. The minimum Gasteiger partial charge on any atom is -0.497 e. The number of ether oxygens (including phenoxy) is 2. The summed E-state index contributed by atoms with van der Waals surface area (Å²) in [6.07, 6.45) is 0. The first-order chi connectivity index (χ1) is 10.7. The van der Waals surface area contributed by atoms with Crippen LogP contribution in [0.4, 0.5) is 5.69 Å². The lowest BCUT2D eigenvalue weighted by Crippen LogP contribution is -1.88. The normalized spacial score (nSPS) is 8.59. The smallest absolute Gasteiger partial charge is 0.269 e. The topological polar surface area (TPSA) is 61.6 Å². The number of non-ortho nitro benzene ring substituents is 1. The minimum absolute atomic E-state index is 0.0390. The van der Waals surface area contributed by atoms with Crippen molar-refractivity contribution in [1.82, 2.24) is 0 Å². The summed E-state index contributed by atoms with van der Waals surface area (Å²) in [6, 6.07) is 13.0. The van der Waals surface area contributed by atoms with Gasteiger partial charge in [0.1, 0.15) is 17.2 Å². The SMILES string of the molecule is CC.CC.COc1ccc(Oc2ccc([N+](=O)[O-])cc2)cc1. The molecule has 2 aromatic carbocycles. The van der Waals surface area contributed by atoms with Crippen molar-refractivity contribution in [2.24, 2.45) is 0 Å². The summed E-state index contributed by atoms with van der Waals surface area (Å²) in [5, 5.41) is 10.5. The highest BCUT2D eigenvalue weighted by atomic mass is 16.6. The molecule has 2 aromatic rings. The summed E-state index contributed by atoms with van der Waals surface area (Å²) < 4.78 is 10.6. The summed E-state index contributed by atoms with van der Waals surface area (Å²) in [4.78, 5) is 10.0. The third kappa shape index (κ3) is 6.26. The lowest BCUT2D eigenvalue weighted by atomic mass is 10.3. The Kier molecular flexibility index (Phi) is 9.84. The van der Waals surface area contributed by atoms with Crippen molar-refractivity contribution in [2.45, 2.75) is 27.7 Å². The molecule has 0 heterocycles. The van der Waals surface area contributed by atoms with Crippen molar-refractivity contribution in [3.63, 3.8) is 0 Å². The number of nitro groups is 1. The molecule has 5 heteroatoms. The van der Waals surface area contributed by atoms with E-state index in [0.29, 0.717) is 11.5 Å². The van der Waals surface area contributed by atoms with Crippen molar-refractivity contribution in [3.05, 3.63) is 58.6 Å². The van der Waals surface area contributed by atoms with Gasteiger partial charge < -0.3 is 9.47 Å². The molecule has 0 aliphatic carbocycles. The molecule has 0 saturated heterocycles. The highest BCUT2D eigenvalue weighted by Gasteiger charge is 2.05. The van der Waals surface area contributed by atoms with E-state index in [-0.39, 0.29) is 5.69 Å². The highest BCUT2D eigenvalue weighted by molar-refractivity contribution is 5.39. The van der Waals surface area contributed by atoms with Crippen LogP contribution in [0.3, 0.4) is 0 Å². The Bertz CT molecular complexity index is 536. The Balaban J connectivity index is 0.00000102. The molecule has 120 valence electrons. The predicted molar refractivity (Wildman–Crippen MR) is 88.9 cm³/mol. The Hall–Kier alpha value is -2.56. The van der Waals surface area contributed by atoms with Crippen LogP contribution in [0.5, 0.6) is 17.2 Å². The predicted octanol–water partition coefficient (Wildman–Crippen LogP) is 5.45. The molecule has 0 radical (unpaired) electrons. The Morgan fingerprint density at radius 1 is 0.773 bits per heavy atom. The van der Waals surface area contributed by atoms with E-state index < -0.39 is 4.92 Å². The number of methoxy groups -OCH3 is 1. The maximum atomic E-state index is 10.5. The van der Waals surface area contributed by atoms with Gasteiger partial charge in [-0.05, 0) is 36.4 Å². The number of rotatable bonds is 4.